The number of aromatic nitrogens is 2. The Morgan fingerprint density at radius 2 is 1.74 bits per heavy atom. The van der Waals surface area contributed by atoms with Crippen LogP contribution in [0.4, 0.5) is 0 Å². The maximum atomic E-state index is 12.9. The zero-order valence-corrected chi connectivity index (χ0v) is 16.9. The third-order valence-corrected chi connectivity index (χ3v) is 6.21. The molecule has 6 heteroatoms. The van der Waals surface area contributed by atoms with Crippen LogP contribution in [-0.4, -0.2) is 33.2 Å². The van der Waals surface area contributed by atoms with E-state index in [2.05, 4.69) is 16.4 Å². The van der Waals surface area contributed by atoms with Gasteiger partial charge in [0.1, 0.15) is 0 Å². The molecule has 0 spiro atoms. The van der Waals surface area contributed by atoms with Crippen molar-refractivity contribution in [3.8, 4) is 0 Å². The smallest absolute Gasteiger partial charge is 0.260 e. The van der Waals surface area contributed by atoms with Crippen LogP contribution in [-0.2, 0) is 13.1 Å². The number of fused-ring (bicyclic) bond motifs is 1. The van der Waals surface area contributed by atoms with Crippen LogP contribution in [0.2, 0.25) is 10.0 Å². The molecule has 0 bridgehead atoms. The quantitative estimate of drug-likeness (QED) is 0.620. The van der Waals surface area contributed by atoms with Gasteiger partial charge in [0.15, 0.2) is 0 Å². The highest BCUT2D eigenvalue weighted by Crippen LogP contribution is 2.24. The Bertz CT molecular complexity index is 1020. The normalized spacial score (nSPS) is 16.3. The van der Waals surface area contributed by atoms with E-state index >= 15 is 0 Å². The number of likely N-dealkylation sites (tertiary alicyclic amines) is 1. The largest absolute Gasteiger partial charge is 0.343 e. The van der Waals surface area contributed by atoms with Gasteiger partial charge in [-0.05, 0) is 62.7 Å². The highest BCUT2D eigenvalue weighted by atomic mass is 35.5. The van der Waals surface area contributed by atoms with Crippen LogP contribution in [0.3, 0.4) is 0 Å². The first-order valence-corrected chi connectivity index (χ1v) is 10.1. The van der Waals surface area contributed by atoms with Gasteiger partial charge >= 0.3 is 0 Å². The van der Waals surface area contributed by atoms with Crippen LogP contribution in [0.15, 0.2) is 47.5 Å². The summed E-state index contributed by atoms with van der Waals surface area (Å²) in [6, 6.07) is 9.95. The second kappa shape index (κ2) is 7.70. The summed E-state index contributed by atoms with van der Waals surface area (Å²) < 4.78 is 3.92. The van der Waals surface area contributed by atoms with E-state index in [-0.39, 0.29) is 5.56 Å². The Hall–Kier alpha value is -1.75. The van der Waals surface area contributed by atoms with Crippen molar-refractivity contribution in [1.29, 1.82) is 0 Å². The Balaban J connectivity index is 1.59. The lowest BCUT2D eigenvalue weighted by Gasteiger charge is -2.24. The highest BCUT2D eigenvalue weighted by Gasteiger charge is 2.19. The van der Waals surface area contributed by atoms with Crippen LogP contribution in [0.25, 0.3) is 10.9 Å². The van der Waals surface area contributed by atoms with Crippen molar-refractivity contribution >= 4 is 34.1 Å². The van der Waals surface area contributed by atoms with E-state index in [1.807, 2.05) is 41.2 Å². The second-order valence-corrected chi connectivity index (χ2v) is 8.17. The van der Waals surface area contributed by atoms with Crippen molar-refractivity contribution in [3.05, 3.63) is 68.7 Å². The molecular weight excluding hydrogens is 381 g/mol. The molecule has 0 unspecified atom stereocenters. The van der Waals surface area contributed by atoms with E-state index in [1.54, 1.807) is 6.07 Å². The Labute approximate surface area is 168 Å². The zero-order valence-electron chi connectivity index (χ0n) is 15.4. The van der Waals surface area contributed by atoms with Gasteiger partial charge in [0.2, 0.25) is 0 Å². The van der Waals surface area contributed by atoms with Crippen molar-refractivity contribution < 1.29 is 0 Å². The van der Waals surface area contributed by atoms with Crippen LogP contribution >= 0.6 is 23.2 Å². The Morgan fingerprint density at radius 3 is 2.48 bits per heavy atom. The van der Waals surface area contributed by atoms with Gasteiger partial charge in [-0.2, -0.15) is 0 Å². The summed E-state index contributed by atoms with van der Waals surface area (Å²) in [4.78, 5) is 15.4. The van der Waals surface area contributed by atoms with Crippen molar-refractivity contribution in [3.63, 3.8) is 0 Å². The van der Waals surface area contributed by atoms with E-state index in [4.69, 9.17) is 23.2 Å². The van der Waals surface area contributed by atoms with Gasteiger partial charge in [-0.1, -0.05) is 29.3 Å². The summed E-state index contributed by atoms with van der Waals surface area (Å²) in [6.07, 6.45) is 6.40. The number of benzene rings is 1. The molecule has 142 valence electrons. The summed E-state index contributed by atoms with van der Waals surface area (Å²) in [7, 11) is 0. The molecule has 1 atom stereocenters. The van der Waals surface area contributed by atoms with E-state index < -0.39 is 0 Å². The topological polar surface area (TPSA) is 30.2 Å². The van der Waals surface area contributed by atoms with Crippen LogP contribution < -0.4 is 5.56 Å². The third kappa shape index (κ3) is 3.79. The first kappa shape index (κ1) is 18.6. The molecule has 1 aliphatic rings. The first-order chi connectivity index (χ1) is 13.0. The fourth-order valence-corrected chi connectivity index (χ4v) is 4.25. The molecule has 3 heterocycles. The number of pyridine rings is 1. The molecule has 0 N–H and O–H groups in total. The molecule has 1 fully saturated rings. The minimum Gasteiger partial charge on any atom is -0.343 e. The molecule has 4 rings (SSSR count). The summed E-state index contributed by atoms with van der Waals surface area (Å²) in [6.45, 7) is 5.86. The SMILES string of the molecule is C[C@@H](Cn1ccc2c(ccn2Cc2ccc(Cl)c(Cl)c2)c1=O)N1CCCC1. The monoisotopic (exact) mass is 403 g/mol. The fraction of sp³-hybridized carbons (Fsp3) is 0.381. The Morgan fingerprint density at radius 1 is 1.00 bits per heavy atom. The number of hydrogen-bond donors (Lipinski definition) is 0. The predicted molar refractivity (Wildman–Crippen MR) is 112 cm³/mol. The van der Waals surface area contributed by atoms with Gasteiger partial charge in [0, 0.05) is 31.5 Å². The summed E-state index contributed by atoms with van der Waals surface area (Å²) in [5.74, 6) is 0. The second-order valence-electron chi connectivity index (χ2n) is 7.36. The fourth-order valence-electron chi connectivity index (χ4n) is 3.93. The van der Waals surface area contributed by atoms with Gasteiger partial charge < -0.3 is 9.13 Å². The maximum absolute atomic E-state index is 12.9. The molecule has 3 aromatic rings. The summed E-state index contributed by atoms with van der Waals surface area (Å²) >= 11 is 12.1. The highest BCUT2D eigenvalue weighted by molar-refractivity contribution is 6.42. The molecule has 1 aromatic carbocycles. The minimum atomic E-state index is 0.0754. The minimum absolute atomic E-state index is 0.0754. The molecule has 4 nitrogen and oxygen atoms in total. The van der Waals surface area contributed by atoms with E-state index in [1.165, 1.54) is 12.8 Å². The molecule has 1 saturated heterocycles. The lowest BCUT2D eigenvalue weighted by molar-refractivity contribution is 0.234. The van der Waals surface area contributed by atoms with Crippen LogP contribution in [0.5, 0.6) is 0 Å². The molecule has 0 aliphatic carbocycles. The average Bonchev–Trinajstić information content (AvgIpc) is 3.31. The first-order valence-electron chi connectivity index (χ1n) is 9.39. The molecule has 0 saturated carbocycles. The van der Waals surface area contributed by atoms with Gasteiger partial charge in [-0.3, -0.25) is 9.69 Å². The van der Waals surface area contributed by atoms with Crippen LogP contribution in [0.1, 0.15) is 25.3 Å². The van der Waals surface area contributed by atoms with Crippen LogP contribution in [0, 0.1) is 0 Å². The molecule has 2 aromatic heterocycles. The molecule has 1 aliphatic heterocycles. The van der Waals surface area contributed by atoms with Crippen molar-refractivity contribution in [2.24, 2.45) is 0 Å². The van der Waals surface area contributed by atoms with Gasteiger partial charge in [-0.15, -0.1) is 0 Å². The summed E-state index contributed by atoms with van der Waals surface area (Å²) in [5, 5.41) is 1.85. The third-order valence-electron chi connectivity index (χ3n) is 5.47. The zero-order chi connectivity index (χ0) is 19.0. The maximum Gasteiger partial charge on any atom is 0.260 e. The van der Waals surface area contributed by atoms with E-state index in [0.717, 1.165) is 36.1 Å². The van der Waals surface area contributed by atoms with Crippen molar-refractivity contribution in [1.82, 2.24) is 14.0 Å². The number of hydrogen-bond acceptors (Lipinski definition) is 2. The number of nitrogens with zero attached hydrogens (tertiary/aromatic N) is 3. The van der Waals surface area contributed by atoms with E-state index in [0.29, 0.717) is 22.6 Å². The number of rotatable bonds is 5. The standard InChI is InChI=1S/C21H23Cl2N3O/c1-15(24-8-2-3-9-24)13-26-11-7-20-17(21(26)27)6-10-25(20)14-16-4-5-18(22)19(23)12-16/h4-7,10-12,15H,2-3,8-9,13-14H2,1H3/t15-/m0/s1. The number of halogens is 2. The lowest BCUT2D eigenvalue weighted by Crippen LogP contribution is -2.36. The van der Waals surface area contributed by atoms with Crippen molar-refractivity contribution in [2.45, 2.75) is 38.9 Å². The Kier molecular flexibility index (Phi) is 5.31. The molecule has 0 amide bonds. The molecule has 0 radical (unpaired) electrons. The predicted octanol–water partition coefficient (Wildman–Crippen LogP) is 4.64. The van der Waals surface area contributed by atoms with Gasteiger partial charge in [0.05, 0.1) is 20.9 Å². The summed E-state index contributed by atoms with van der Waals surface area (Å²) in [5.41, 5.74) is 2.07. The molecule has 27 heavy (non-hydrogen) atoms. The lowest BCUT2D eigenvalue weighted by atomic mass is 10.2. The van der Waals surface area contributed by atoms with Crippen molar-refractivity contribution in [2.75, 3.05) is 13.1 Å². The van der Waals surface area contributed by atoms with Gasteiger partial charge in [0.25, 0.3) is 5.56 Å². The molecular formula is C21H23Cl2N3O. The van der Waals surface area contributed by atoms with E-state index in [9.17, 15) is 4.79 Å². The average molecular weight is 404 g/mol. The van der Waals surface area contributed by atoms with Gasteiger partial charge in [-0.25, -0.2) is 0 Å².